The molecule has 2 atom stereocenters. The molecule has 1 heterocycles. The molecule has 0 amide bonds. The zero-order valence-electron chi connectivity index (χ0n) is 10.1. The second kappa shape index (κ2) is 5.95. The van der Waals surface area contributed by atoms with Gasteiger partial charge in [0, 0.05) is 37.0 Å². The number of thioether (sulfide) groups is 1. The smallest absolute Gasteiger partial charge is 0.0545 e. The van der Waals surface area contributed by atoms with E-state index in [-0.39, 0.29) is 0 Å². The summed E-state index contributed by atoms with van der Waals surface area (Å²) in [5.74, 6) is 4.64. The Morgan fingerprint density at radius 3 is 3.00 bits per heavy atom. The van der Waals surface area contributed by atoms with Crippen molar-refractivity contribution in [1.82, 2.24) is 10.2 Å². The first kappa shape index (κ1) is 12.3. The molecular weight excluding hydrogens is 216 g/mol. The summed E-state index contributed by atoms with van der Waals surface area (Å²) in [6.07, 6.45) is 9.38. The maximum atomic E-state index is 5.21. The largest absolute Gasteiger partial charge is 0.312 e. The maximum absolute atomic E-state index is 5.21. The Kier molecular flexibility index (Phi) is 4.57. The molecule has 2 nitrogen and oxygen atoms in total. The molecule has 0 aromatic heterocycles. The fourth-order valence-electron chi connectivity index (χ4n) is 2.59. The molecule has 2 aliphatic rings. The van der Waals surface area contributed by atoms with Gasteiger partial charge < -0.3 is 5.32 Å². The predicted molar refractivity (Wildman–Crippen MR) is 71.8 cm³/mol. The second-order valence-corrected chi connectivity index (χ2v) is 6.03. The third-order valence-corrected chi connectivity index (χ3v) is 4.37. The van der Waals surface area contributed by atoms with E-state index in [1.807, 2.05) is 11.8 Å². The SMILES string of the molecule is C#CCSCCNC1CC(C)N(C2CC2)C1. The monoisotopic (exact) mass is 238 g/mol. The Morgan fingerprint density at radius 1 is 1.50 bits per heavy atom. The van der Waals surface area contributed by atoms with Crippen LogP contribution >= 0.6 is 11.8 Å². The lowest BCUT2D eigenvalue weighted by molar-refractivity contribution is 0.255. The van der Waals surface area contributed by atoms with Crippen molar-refractivity contribution in [1.29, 1.82) is 0 Å². The highest BCUT2D eigenvalue weighted by Crippen LogP contribution is 2.33. The zero-order chi connectivity index (χ0) is 11.4. The lowest BCUT2D eigenvalue weighted by atomic mass is 10.2. The molecule has 0 aromatic rings. The standard InChI is InChI=1S/C13H22N2S/c1-3-7-16-8-6-14-12-9-11(2)15(10-12)13-4-5-13/h1,11-14H,4-10H2,2H3. The van der Waals surface area contributed by atoms with Crippen LogP contribution in [0.3, 0.4) is 0 Å². The number of hydrogen-bond donors (Lipinski definition) is 1. The van der Waals surface area contributed by atoms with E-state index in [9.17, 15) is 0 Å². The molecule has 1 aliphatic heterocycles. The van der Waals surface area contributed by atoms with Gasteiger partial charge in [-0.05, 0) is 26.2 Å². The van der Waals surface area contributed by atoms with Gasteiger partial charge in [-0.25, -0.2) is 0 Å². The van der Waals surface area contributed by atoms with Gasteiger partial charge in [0.15, 0.2) is 0 Å². The van der Waals surface area contributed by atoms with Gasteiger partial charge in [0.2, 0.25) is 0 Å². The van der Waals surface area contributed by atoms with E-state index in [0.29, 0.717) is 6.04 Å². The van der Waals surface area contributed by atoms with Crippen molar-refractivity contribution in [2.75, 3.05) is 24.6 Å². The minimum atomic E-state index is 0.710. The summed E-state index contributed by atoms with van der Waals surface area (Å²) in [6, 6.07) is 2.41. The van der Waals surface area contributed by atoms with Crippen LogP contribution in [0.15, 0.2) is 0 Å². The molecule has 2 fully saturated rings. The molecular formula is C13H22N2S. The Morgan fingerprint density at radius 2 is 2.31 bits per heavy atom. The number of terminal acetylenes is 1. The average Bonchev–Trinajstić information content (AvgIpc) is 3.04. The first-order valence-electron chi connectivity index (χ1n) is 6.31. The molecule has 2 unspecified atom stereocenters. The highest BCUT2D eigenvalue weighted by molar-refractivity contribution is 7.99. The van der Waals surface area contributed by atoms with Crippen LogP contribution in [-0.4, -0.2) is 47.6 Å². The minimum Gasteiger partial charge on any atom is -0.312 e. The summed E-state index contributed by atoms with van der Waals surface area (Å²) in [5, 5.41) is 3.65. The van der Waals surface area contributed by atoms with Gasteiger partial charge in [0.25, 0.3) is 0 Å². The van der Waals surface area contributed by atoms with Gasteiger partial charge in [-0.3, -0.25) is 4.90 Å². The van der Waals surface area contributed by atoms with Crippen LogP contribution in [0, 0.1) is 12.3 Å². The van der Waals surface area contributed by atoms with Crippen LogP contribution < -0.4 is 5.32 Å². The third-order valence-electron chi connectivity index (χ3n) is 3.50. The molecule has 3 heteroatoms. The van der Waals surface area contributed by atoms with Gasteiger partial charge in [-0.15, -0.1) is 18.2 Å². The fraction of sp³-hybridized carbons (Fsp3) is 0.846. The van der Waals surface area contributed by atoms with Crippen LogP contribution in [0.4, 0.5) is 0 Å². The van der Waals surface area contributed by atoms with E-state index in [4.69, 9.17) is 6.42 Å². The summed E-state index contributed by atoms with van der Waals surface area (Å²) < 4.78 is 0. The predicted octanol–water partition coefficient (Wildman–Crippen LogP) is 1.57. The van der Waals surface area contributed by atoms with E-state index in [1.54, 1.807) is 0 Å². The van der Waals surface area contributed by atoms with Gasteiger partial charge in [0.1, 0.15) is 0 Å². The number of nitrogens with one attached hydrogen (secondary N) is 1. The van der Waals surface area contributed by atoms with Gasteiger partial charge in [0.05, 0.1) is 5.75 Å². The lowest BCUT2D eigenvalue weighted by Crippen LogP contribution is -2.35. The van der Waals surface area contributed by atoms with E-state index in [0.717, 1.165) is 30.1 Å². The summed E-state index contributed by atoms with van der Waals surface area (Å²) >= 11 is 1.84. The van der Waals surface area contributed by atoms with Crippen molar-refractivity contribution in [3.05, 3.63) is 0 Å². The van der Waals surface area contributed by atoms with E-state index in [2.05, 4.69) is 23.1 Å². The topological polar surface area (TPSA) is 15.3 Å². The van der Waals surface area contributed by atoms with Crippen LogP contribution in [0.5, 0.6) is 0 Å². The summed E-state index contributed by atoms with van der Waals surface area (Å²) in [4.78, 5) is 2.69. The molecule has 1 N–H and O–H groups in total. The molecule has 2 rings (SSSR count). The third kappa shape index (κ3) is 3.41. The molecule has 0 aromatic carbocycles. The van der Waals surface area contributed by atoms with E-state index in [1.165, 1.54) is 25.8 Å². The fourth-order valence-corrected chi connectivity index (χ4v) is 3.11. The average molecular weight is 238 g/mol. The van der Waals surface area contributed by atoms with Crippen LogP contribution in [0.2, 0.25) is 0 Å². The molecule has 0 spiro atoms. The Hall–Kier alpha value is -0.170. The molecule has 0 radical (unpaired) electrons. The molecule has 90 valence electrons. The Balaban J connectivity index is 1.59. The summed E-state index contributed by atoms with van der Waals surface area (Å²) in [7, 11) is 0. The number of nitrogens with zero attached hydrogens (tertiary/aromatic N) is 1. The first-order chi connectivity index (χ1) is 7.81. The van der Waals surface area contributed by atoms with Crippen molar-refractivity contribution >= 4 is 11.8 Å². The van der Waals surface area contributed by atoms with Crippen molar-refractivity contribution in [2.24, 2.45) is 0 Å². The Bertz CT molecular complexity index is 257. The molecule has 1 saturated carbocycles. The van der Waals surface area contributed by atoms with Crippen LogP contribution in [0.25, 0.3) is 0 Å². The Labute approximate surface area is 104 Å². The quantitative estimate of drug-likeness (QED) is 0.558. The minimum absolute atomic E-state index is 0.710. The number of rotatable bonds is 6. The van der Waals surface area contributed by atoms with Crippen molar-refractivity contribution in [2.45, 2.75) is 44.3 Å². The van der Waals surface area contributed by atoms with Crippen molar-refractivity contribution in [3.63, 3.8) is 0 Å². The molecule has 1 saturated heterocycles. The van der Waals surface area contributed by atoms with Crippen molar-refractivity contribution < 1.29 is 0 Å². The van der Waals surface area contributed by atoms with Crippen molar-refractivity contribution in [3.8, 4) is 12.3 Å². The number of likely N-dealkylation sites (tertiary alicyclic amines) is 1. The van der Waals surface area contributed by atoms with Gasteiger partial charge >= 0.3 is 0 Å². The van der Waals surface area contributed by atoms with Gasteiger partial charge in [-0.2, -0.15) is 0 Å². The molecule has 16 heavy (non-hydrogen) atoms. The summed E-state index contributed by atoms with van der Waals surface area (Å²) in [5.41, 5.74) is 0. The molecule has 0 bridgehead atoms. The highest BCUT2D eigenvalue weighted by atomic mass is 32.2. The van der Waals surface area contributed by atoms with Crippen LogP contribution in [-0.2, 0) is 0 Å². The highest BCUT2D eigenvalue weighted by Gasteiger charge is 2.38. The first-order valence-corrected chi connectivity index (χ1v) is 7.47. The molecule has 1 aliphatic carbocycles. The summed E-state index contributed by atoms with van der Waals surface area (Å²) in [6.45, 7) is 4.72. The van der Waals surface area contributed by atoms with E-state index < -0.39 is 0 Å². The van der Waals surface area contributed by atoms with E-state index >= 15 is 0 Å². The lowest BCUT2D eigenvalue weighted by Gasteiger charge is -2.19. The van der Waals surface area contributed by atoms with Crippen LogP contribution in [0.1, 0.15) is 26.2 Å². The maximum Gasteiger partial charge on any atom is 0.0545 e. The van der Waals surface area contributed by atoms with Gasteiger partial charge in [-0.1, -0.05) is 5.92 Å². The number of hydrogen-bond acceptors (Lipinski definition) is 3. The normalized spacial score (nSPS) is 30.5. The zero-order valence-corrected chi connectivity index (χ0v) is 10.9. The second-order valence-electron chi connectivity index (χ2n) is 4.92.